The average Bonchev–Trinajstić information content (AvgIpc) is 3.11. The van der Waals surface area contributed by atoms with Gasteiger partial charge in [0.25, 0.3) is 0 Å². The summed E-state index contributed by atoms with van der Waals surface area (Å²) in [6.45, 7) is 2.97. The van der Waals surface area contributed by atoms with Crippen molar-refractivity contribution in [2.45, 2.75) is 62.6 Å². The highest BCUT2D eigenvalue weighted by Gasteiger charge is 2.46. The lowest BCUT2D eigenvalue weighted by molar-refractivity contribution is -0.126. The van der Waals surface area contributed by atoms with Crippen LogP contribution in [0.1, 0.15) is 44.9 Å². The zero-order valence-corrected chi connectivity index (χ0v) is 13.1. The Morgan fingerprint density at radius 3 is 3.00 bits per heavy atom. The first-order valence-corrected chi connectivity index (χ1v) is 8.52. The molecule has 5 nitrogen and oxygen atoms in total. The molecule has 3 rings (SSSR count). The van der Waals surface area contributed by atoms with Crippen molar-refractivity contribution in [3.05, 3.63) is 0 Å². The molecule has 3 aliphatic rings. The summed E-state index contributed by atoms with van der Waals surface area (Å²) in [4.78, 5) is 14.5. The van der Waals surface area contributed by atoms with E-state index in [0.29, 0.717) is 18.1 Å². The number of hydrogen-bond donors (Lipinski definition) is 2. The number of morpholine rings is 1. The Bertz CT molecular complexity index is 390. The van der Waals surface area contributed by atoms with Crippen LogP contribution in [0.5, 0.6) is 0 Å². The Balaban J connectivity index is 1.60. The van der Waals surface area contributed by atoms with Crippen LogP contribution in [-0.2, 0) is 9.53 Å². The number of amides is 1. The maximum absolute atomic E-state index is 11.9. The molecule has 1 amide bonds. The number of nitrogens with two attached hydrogens (primary N) is 1. The Hall–Kier alpha value is -0.650. The molecule has 2 saturated carbocycles. The first kappa shape index (κ1) is 15.3. The van der Waals surface area contributed by atoms with E-state index in [-0.39, 0.29) is 5.91 Å². The number of nitrogens with one attached hydrogen (secondary N) is 1. The molecule has 4 unspecified atom stereocenters. The van der Waals surface area contributed by atoms with Gasteiger partial charge in [0.2, 0.25) is 5.91 Å². The van der Waals surface area contributed by atoms with E-state index in [0.717, 1.165) is 45.4 Å². The minimum absolute atomic E-state index is 0.173. The van der Waals surface area contributed by atoms with Crippen molar-refractivity contribution < 1.29 is 9.53 Å². The first-order chi connectivity index (χ1) is 10.2. The van der Waals surface area contributed by atoms with Gasteiger partial charge in [0.1, 0.15) is 5.54 Å². The fourth-order valence-corrected chi connectivity index (χ4v) is 4.85. The molecule has 0 bridgehead atoms. The van der Waals surface area contributed by atoms with Gasteiger partial charge in [-0.05, 0) is 58.0 Å². The Kier molecular flexibility index (Phi) is 4.52. The van der Waals surface area contributed by atoms with E-state index in [9.17, 15) is 4.79 Å². The van der Waals surface area contributed by atoms with Gasteiger partial charge < -0.3 is 15.8 Å². The highest BCUT2D eigenvalue weighted by atomic mass is 16.5. The third-order valence-electron chi connectivity index (χ3n) is 6.07. The molecule has 0 spiro atoms. The van der Waals surface area contributed by atoms with Crippen LogP contribution in [0.3, 0.4) is 0 Å². The number of likely N-dealkylation sites (N-methyl/N-ethyl adjacent to an activating group) is 1. The van der Waals surface area contributed by atoms with Crippen LogP contribution in [-0.4, -0.2) is 55.2 Å². The average molecular weight is 295 g/mol. The number of fused-ring (bicyclic) bond motifs is 1. The van der Waals surface area contributed by atoms with Gasteiger partial charge >= 0.3 is 0 Å². The minimum Gasteiger partial charge on any atom is -0.375 e. The van der Waals surface area contributed by atoms with Crippen molar-refractivity contribution in [2.75, 3.05) is 26.7 Å². The summed E-state index contributed by atoms with van der Waals surface area (Å²) in [7, 11) is 1.88. The number of carbonyl (C=O) groups is 1. The van der Waals surface area contributed by atoms with Crippen molar-refractivity contribution in [1.29, 1.82) is 0 Å². The fourth-order valence-electron chi connectivity index (χ4n) is 4.85. The van der Waals surface area contributed by atoms with Crippen LogP contribution in [0.2, 0.25) is 0 Å². The quantitative estimate of drug-likeness (QED) is 0.790. The van der Waals surface area contributed by atoms with Gasteiger partial charge in [-0.1, -0.05) is 6.42 Å². The molecule has 0 aromatic carbocycles. The van der Waals surface area contributed by atoms with Gasteiger partial charge in [-0.25, -0.2) is 0 Å². The molecule has 21 heavy (non-hydrogen) atoms. The highest BCUT2D eigenvalue weighted by Crippen LogP contribution is 2.38. The zero-order chi connectivity index (χ0) is 14.9. The van der Waals surface area contributed by atoms with Gasteiger partial charge in [-0.2, -0.15) is 0 Å². The lowest BCUT2D eigenvalue weighted by Crippen LogP contribution is -2.57. The van der Waals surface area contributed by atoms with Crippen molar-refractivity contribution in [3.63, 3.8) is 0 Å². The second-order valence-electron chi connectivity index (χ2n) is 6.91. The molecular formula is C16H29N3O2. The third-order valence-corrected chi connectivity index (χ3v) is 6.07. The molecule has 0 aromatic rings. The maximum Gasteiger partial charge on any atom is 0.238 e. The molecule has 5 heteroatoms. The van der Waals surface area contributed by atoms with Crippen LogP contribution in [0.25, 0.3) is 0 Å². The van der Waals surface area contributed by atoms with E-state index < -0.39 is 5.54 Å². The van der Waals surface area contributed by atoms with E-state index >= 15 is 0 Å². The van der Waals surface area contributed by atoms with Gasteiger partial charge in [0, 0.05) is 12.6 Å². The fraction of sp³-hybridized carbons (Fsp3) is 0.938. The second-order valence-corrected chi connectivity index (χ2v) is 6.91. The second kappa shape index (κ2) is 6.23. The summed E-state index contributed by atoms with van der Waals surface area (Å²) in [5.74, 6) is 0.205. The molecule has 3 N–H and O–H groups in total. The van der Waals surface area contributed by atoms with Crippen molar-refractivity contribution >= 4 is 5.91 Å². The minimum atomic E-state index is -0.471. The summed E-state index contributed by atoms with van der Waals surface area (Å²) in [6, 6.07) is 0.609. The molecule has 120 valence electrons. The smallest absolute Gasteiger partial charge is 0.238 e. The number of ether oxygens (including phenoxy) is 1. The van der Waals surface area contributed by atoms with E-state index in [1.807, 2.05) is 7.05 Å². The Labute approximate surface area is 127 Å². The number of primary amides is 1. The normalized spacial score (nSPS) is 40.3. The molecule has 2 aliphatic carbocycles. The molecular weight excluding hydrogens is 266 g/mol. The summed E-state index contributed by atoms with van der Waals surface area (Å²) in [5.41, 5.74) is 5.22. The van der Waals surface area contributed by atoms with Crippen LogP contribution in [0.15, 0.2) is 0 Å². The zero-order valence-electron chi connectivity index (χ0n) is 13.1. The molecule has 1 heterocycles. The monoisotopic (exact) mass is 295 g/mol. The predicted molar refractivity (Wildman–Crippen MR) is 81.9 cm³/mol. The maximum atomic E-state index is 11.9. The van der Waals surface area contributed by atoms with Gasteiger partial charge in [0.05, 0.1) is 12.7 Å². The Morgan fingerprint density at radius 1 is 1.38 bits per heavy atom. The van der Waals surface area contributed by atoms with Crippen molar-refractivity contribution in [2.24, 2.45) is 11.7 Å². The third kappa shape index (κ3) is 2.71. The lowest BCUT2D eigenvalue weighted by atomic mass is 9.83. The van der Waals surface area contributed by atoms with Gasteiger partial charge in [-0.3, -0.25) is 9.69 Å². The molecule has 1 aliphatic heterocycles. The Morgan fingerprint density at radius 2 is 2.24 bits per heavy atom. The molecule has 0 radical (unpaired) electrons. The number of hydrogen-bond acceptors (Lipinski definition) is 4. The molecule has 0 aromatic heterocycles. The van der Waals surface area contributed by atoms with Gasteiger partial charge in [-0.15, -0.1) is 0 Å². The first-order valence-electron chi connectivity index (χ1n) is 8.52. The predicted octanol–water partition coefficient (Wildman–Crippen LogP) is 0.873. The van der Waals surface area contributed by atoms with Crippen molar-refractivity contribution in [3.8, 4) is 0 Å². The van der Waals surface area contributed by atoms with Crippen LogP contribution >= 0.6 is 0 Å². The molecule has 4 atom stereocenters. The van der Waals surface area contributed by atoms with E-state index in [1.165, 1.54) is 19.3 Å². The summed E-state index contributed by atoms with van der Waals surface area (Å²) in [6.07, 6.45) is 8.39. The van der Waals surface area contributed by atoms with Crippen molar-refractivity contribution in [1.82, 2.24) is 10.2 Å². The van der Waals surface area contributed by atoms with Crippen LogP contribution < -0.4 is 11.1 Å². The largest absolute Gasteiger partial charge is 0.375 e. The van der Waals surface area contributed by atoms with E-state index in [4.69, 9.17) is 10.5 Å². The van der Waals surface area contributed by atoms with E-state index in [2.05, 4.69) is 10.2 Å². The topological polar surface area (TPSA) is 67.6 Å². The summed E-state index contributed by atoms with van der Waals surface area (Å²) < 4.78 is 5.88. The van der Waals surface area contributed by atoms with E-state index in [1.54, 1.807) is 0 Å². The van der Waals surface area contributed by atoms with Crippen LogP contribution in [0, 0.1) is 5.92 Å². The number of rotatable bonds is 5. The molecule has 3 fully saturated rings. The standard InChI is InChI=1S/C16H29N3O2/c1-18-16(15(17)20)8-3-4-12(16)7-9-19-10-11-21-14-6-2-5-13(14)19/h12-14,18H,2-11H2,1H3,(H2,17,20). The number of nitrogens with zero attached hydrogens (tertiary/aromatic N) is 1. The summed E-state index contributed by atoms with van der Waals surface area (Å²) in [5, 5.41) is 3.24. The number of carbonyl (C=O) groups excluding carboxylic acids is 1. The highest BCUT2D eigenvalue weighted by molar-refractivity contribution is 5.85. The summed E-state index contributed by atoms with van der Waals surface area (Å²) >= 11 is 0. The lowest BCUT2D eigenvalue weighted by Gasteiger charge is -2.39. The van der Waals surface area contributed by atoms with Crippen LogP contribution in [0.4, 0.5) is 0 Å². The SMILES string of the molecule is CNC1(C(N)=O)CCCC1CCN1CCOC2CCCC21. The molecule has 1 saturated heterocycles. The van der Waals surface area contributed by atoms with Gasteiger partial charge in [0.15, 0.2) is 0 Å².